The Hall–Kier alpha value is -3.73. The number of pyridine rings is 1. The van der Waals surface area contributed by atoms with Crippen LogP contribution in [0.1, 0.15) is 48.2 Å². The van der Waals surface area contributed by atoms with Crippen LogP contribution in [-0.4, -0.2) is 21.8 Å². The van der Waals surface area contributed by atoms with Crippen LogP contribution in [0, 0.1) is 6.92 Å². The molecule has 5 heteroatoms. The van der Waals surface area contributed by atoms with E-state index >= 15 is 0 Å². The summed E-state index contributed by atoms with van der Waals surface area (Å²) >= 11 is 0. The Morgan fingerprint density at radius 2 is 1.72 bits per heavy atom. The third kappa shape index (κ3) is 4.06. The molecule has 1 aromatic heterocycles. The number of Topliss-reactive ketones (excluding diaryl/α,β-unsaturated/α-hetero) is 1. The molecule has 1 unspecified atom stereocenters. The molecule has 1 aliphatic heterocycles. The van der Waals surface area contributed by atoms with Crippen molar-refractivity contribution in [2.24, 2.45) is 0 Å². The molecule has 0 spiro atoms. The number of aryl methyl sites for hydroxylation is 2. The summed E-state index contributed by atoms with van der Waals surface area (Å²) in [6.07, 6.45) is 4.78. The Kier molecular flexibility index (Phi) is 6.17. The molecule has 2 aromatic carbocycles. The molecular weight excluding hydrogens is 400 g/mol. The average Bonchev–Trinajstić information content (AvgIpc) is 3.09. The number of nitrogens with zero attached hydrogens (tertiary/aromatic N) is 2. The minimum Gasteiger partial charge on any atom is -0.507 e. The predicted octanol–water partition coefficient (Wildman–Crippen LogP) is 5.36. The highest BCUT2D eigenvalue weighted by Crippen LogP contribution is 2.41. The third-order valence-electron chi connectivity index (χ3n) is 5.77. The fourth-order valence-corrected chi connectivity index (χ4v) is 3.99. The molecule has 1 saturated heterocycles. The first-order valence-corrected chi connectivity index (χ1v) is 10.9. The van der Waals surface area contributed by atoms with Gasteiger partial charge in [0.25, 0.3) is 11.7 Å². The van der Waals surface area contributed by atoms with Gasteiger partial charge in [0.1, 0.15) is 11.8 Å². The number of hydrogen-bond acceptors (Lipinski definition) is 4. The summed E-state index contributed by atoms with van der Waals surface area (Å²) in [6, 6.07) is 19.4. The topological polar surface area (TPSA) is 70.5 Å². The number of ketones is 1. The van der Waals surface area contributed by atoms with Crippen LogP contribution in [0.3, 0.4) is 0 Å². The molecule has 2 heterocycles. The van der Waals surface area contributed by atoms with E-state index in [1.807, 2.05) is 49.4 Å². The quantitative estimate of drug-likeness (QED) is 0.327. The van der Waals surface area contributed by atoms with Gasteiger partial charge in [-0.1, -0.05) is 61.4 Å². The van der Waals surface area contributed by atoms with Crippen molar-refractivity contribution in [3.05, 3.63) is 101 Å². The van der Waals surface area contributed by atoms with Gasteiger partial charge in [-0.05, 0) is 49.6 Å². The second-order valence-corrected chi connectivity index (χ2v) is 8.06. The van der Waals surface area contributed by atoms with Gasteiger partial charge in [-0.15, -0.1) is 0 Å². The Balaban J connectivity index is 1.83. The summed E-state index contributed by atoms with van der Waals surface area (Å²) in [5.74, 6) is -1.58. The van der Waals surface area contributed by atoms with Crippen LogP contribution in [0.4, 0.5) is 5.69 Å². The first-order valence-electron chi connectivity index (χ1n) is 10.9. The summed E-state index contributed by atoms with van der Waals surface area (Å²) in [7, 11) is 0. The second kappa shape index (κ2) is 9.18. The molecule has 5 nitrogen and oxygen atoms in total. The average molecular weight is 427 g/mol. The first kappa shape index (κ1) is 21.5. The number of unbranched alkanes of at least 4 members (excludes halogenated alkanes) is 1. The lowest BCUT2D eigenvalue weighted by Crippen LogP contribution is -2.29. The number of aliphatic hydroxyl groups is 1. The van der Waals surface area contributed by atoms with Gasteiger partial charge < -0.3 is 5.11 Å². The van der Waals surface area contributed by atoms with Gasteiger partial charge in [0.2, 0.25) is 0 Å². The monoisotopic (exact) mass is 426 g/mol. The van der Waals surface area contributed by atoms with Gasteiger partial charge in [0.05, 0.1) is 11.3 Å². The van der Waals surface area contributed by atoms with E-state index in [-0.39, 0.29) is 11.3 Å². The van der Waals surface area contributed by atoms with Crippen molar-refractivity contribution in [1.82, 2.24) is 4.98 Å². The molecule has 0 saturated carbocycles. The minimum atomic E-state index is -0.806. The SMILES string of the molecule is CCCCc1ccc(N2C(=O)C(=O)/C(=C(\O)c3ccc(C)cc3)C2c2ccccn2)cc1. The van der Waals surface area contributed by atoms with E-state index in [1.54, 1.807) is 30.5 Å². The Morgan fingerprint density at radius 3 is 2.34 bits per heavy atom. The van der Waals surface area contributed by atoms with E-state index in [1.165, 1.54) is 10.5 Å². The van der Waals surface area contributed by atoms with Crippen LogP contribution in [0.5, 0.6) is 0 Å². The minimum absolute atomic E-state index is 0.0487. The van der Waals surface area contributed by atoms with Crippen LogP contribution < -0.4 is 4.90 Å². The summed E-state index contributed by atoms with van der Waals surface area (Å²) in [4.78, 5) is 32.1. The maximum absolute atomic E-state index is 13.2. The molecule has 1 N–H and O–H groups in total. The summed E-state index contributed by atoms with van der Waals surface area (Å²) in [5, 5.41) is 11.1. The lowest BCUT2D eigenvalue weighted by atomic mass is 9.97. The van der Waals surface area contributed by atoms with Gasteiger partial charge in [-0.25, -0.2) is 0 Å². The van der Waals surface area contributed by atoms with E-state index in [0.29, 0.717) is 16.9 Å². The summed E-state index contributed by atoms with van der Waals surface area (Å²) in [6.45, 7) is 4.09. The van der Waals surface area contributed by atoms with E-state index in [2.05, 4.69) is 11.9 Å². The molecular formula is C27H26N2O3. The van der Waals surface area contributed by atoms with Gasteiger partial charge >= 0.3 is 0 Å². The molecule has 162 valence electrons. The van der Waals surface area contributed by atoms with Crippen molar-refractivity contribution < 1.29 is 14.7 Å². The van der Waals surface area contributed by atoms with Gasteiger partial charge in [-0.3, -0.25) is 19.5 Å². The second-order valence-electron chi connectivity index (χ2n) is 8.06. The summed E-state index contributed by atoms with van der Waals surface area (Å²) < 4.78 is 0. The maximum Gasteiger partial charge on any atom is 0.300 e. The fourth-order valence-electron chi connectivity index (χ4n) is 3.99. The number of hydrogen-bond donors (Lipinski definition) is 1. The number of carbonyl (C=O) groups is 2. The van der Waals surface area contributed by atoms with Gasteiger partial charge in [-0.2, -0.15) is 0 Å². The predicted molar refractivity (Wildman–Crippen MR) is 125 cm³/mol. The summed E-state index contributed by atoms with van der Waals surface area (Å²) in [5.41, 5.74) is 3.88. The maximum atomic E-state index is 13.2. The number of anilines is 1. The van der Waals surface area contributed by atoms with Crippen molar-refractivity contribution in [3.8, 4) is 0 Å². The molecule has 1 atom stereocenters. The van der Waals surface area contributed by atoms with Crippen LogP contribution in [0.2, 0.25) is 0 Å². The Labute approximate surface area is 188 Å². The normalized spacial score (nSPS) is 17.7. The highest BCUT2D eigenvalue weighted by molar-refractivity contribution is 6.51. The Morgan fingerprint density at radius 1 is 1.00 bits per heavy atom. The van der Waals surface area contributed by atoms with E-state index < -0.39 is 17.7 Å². The zero-order chi connectivity index (χ0) is 22.7. The van der Waals surface area contributed by atoms with E-state index in [9.17, 15) is 14.7 Å². The first-order chi connectivity index (χ1) is 15.5. The van der Waals surface area contributed by atoms with Crippen LogP contribution in [-0.2, 0) is 16.0 Å². The molecule has 0 aliphatic carbocycles. The van der Waals surface area contributed by atoms with Crippen LogP contribution in [0.15, 0.2) is 78.5 Å². The highest BCUT2D eigenvalue weighted by atomic mass is 16.3. The zero-order valence-electron chi connectivity index (χ0n) is 18.3. The van der Waals surface area contributed by atoms with Crippen molar-refractivity contribution in [3.63, 3.8) is 0 Å². The van der Waals surface area contributed by atoms with Crippen molar-refractivity contribution in [1.29, 1.82) is 0 Å². The lowest BCUT2D eigenvalue weighted by molar-refractivity contribution is -0.132. The fraction of sp³-hybridized carbons (Fsp3) is 0.222. The smallest absolute Gasteiger partial charge is 0.300 e. The number of aliphatic hydroxyl groups excluding tert-OH is 1. The van der Waals surface area contributed by atoms with Gasteiger partial charge in [0.15, 0.2) is 0 Å². The van der Waals surface area contributed by atoms with E-state index in [4.69, 9.17) is 0 Å². The molecule has 4 rings (SSSR count). The van der Waals surface area contributed by atoms with E-state index in [0.717, 1.165) is 24.8 Å². The van der Waals surface area contributed by atoms with Crippen molar-refractivity contribution in [2.75, 3.05) is 4.90 Å². The molecule has 1 aliphatic rings. The number of carbonyl (C=O) groups excluding carboxylic acids is 2. The van der Waals surface area contributed by atoms with Crippen molar-refractivity contribution >= 4 is 23.1 Å². The molecule has 3 aromatic rings. The molecule has 1 fully saturated rings. The number of benzene rings is 2. The third-order valence-corrected chi connectivity index (χ3v) is 5.77. The molecule has 1 amide bonds. The largest absolute Gasteiger partial charge is 0.507 e. The van der Waals surface area contributed by atoms with Crippen LogP contribution in [0.25, 0.3) is 5.76 Å². The lowest BCUT2D eigenvalue weighted by Gasteiger charge is -2.24. The molecule has 0 radical (unpaired) electrons. The Bertz CT molecular complexity index is 1150. The number of rotatable bonds is 6. The van der Waals surface area contributed by atoms with Crippen LogP contribution >= 0.6 is 0 Å². The van der Waals surface area contributed by atoms with Crippen molar-refractivity contribution in [2.45, 2.75) is 39.2 Å². The zero-order valence-corrected chi connectivity index (χ0v) is 18.3. The molecule has 0 bridgehead atoms. The molecule has 32 heavy (non-hydrogen) atoms. The number of amides is 1. The number of aromatic nitrogens is 1. The van der Waals surface area contributed by atoms with Gasteiger partial charge in [0, 0.05) is 17.4 Å². The highest BCUT2D eigenvalue weighted by Gasteiger charge is 2.47. The standard InChI is InChI=1S/C27H26N2O3/c1-3-4-7-19-11-15-21(16-12-19)29-24(22-8-5-6-17-28-22)23(26(31)27(29)32)25(30)20-13-9-18(2)10-14-20/h5-6,8-17,24,30H,3-4,7H2,1-2H3/b25-23-.